The quantitative estimate of drug-likeness (QED) is 0.254. The lowest BCUT2D eigenvalue weighted by Crippen LogP contribution is -2.09. The average molecular weight is 504 g/mol. The molecule has 0 radical (unpaired) electrons. The molecule has 2 rings (SSSR count). The van der Waals surface area contributed by atoms with Crippen molar-refractivity contribution in [3.8, 4) is 28.7 Å². The molecular formula is C27H20O10. The Morgan fingerprint density at radius 1 is 0.514 bits per heavy atom. The molecule has 0 bridgehead atoms. The lowest BCUT2D eigenvalue weighted by atomic mass is 10.2. The van der Waals surface area contributed by atoms with Crippen LogP contribution < -0.4 is 23.7 Å². The van der Waals surface area contributed by atoms with E-state index in [0.29, 0.717) is 5.56 Å². The molecule has 0 aliphatic heterocycles. The number of carbonyl (C=O) groups is 5. The standard InChI is InChI=1S/C27H20O10/c1-5-23(28)34-19-12-9-17(15-21(19)36-25(30)7-3)10-14-27(32)33-18-11-13-20(35-24(29)6-2)22(16-18)37-26(31)8-4/h5-16H,1-4H2/b14-10+. The molecule has 0 aliphatic carbocycles. The summed E-state index contributed by atoms with van der Waals surface area (Å²) >= 11 is 0. The molecule has 2 aromatic rings. The fourth-order valence-electron chi connectivity index (χ4n) is 2.42. The molecule has 0 unspecified atom stereocenters. The summed E-state index contributed by atoms with van der Waals surface area (Å²) in [5, 5.41) is 0. The summed E-state index contributed by atoms with van der Waals surface area (Å²) in [4.78, 5) is 58.6. The number of carbonyl (C=O) groups excluding carboxylic acids is 5. The Balaban J connectivity index is 2.24. The van der Waals surface area contributed by atoms with Crippen LogP contribution in [0.5, 0.6) is 28.7 Å². The van der Waals surface area contributed by atoms with Gasteiger partial charge in [-0.25, -0.2) is 24.0 Å². The van der Waals surface area contributed by atoms with Gasteiger partial charge in [0.25, 0.3) is 0 Å². The molecule has 0 spiro atoms. The Morgan fingerprint density at radius 2 is 0.946 bits per heavy atom. The predicted octanol–water partition coefficient (Wildman–Crippen LogP) is 3.67. The molecule has 0 heterocycles. The van der Waals surface area contributed by atoms with Gasteiger partial charge in [0.1, 0.15) is 5.75 Å². The van der Waals surface area contributed by atoms with E-state index in [4.69, 9.17) is 23.7 Å². The maximum atomic E-state index is 12.3. The number of esters is 5. The van der Waals surface area contributed by atoms with Gasteiger partial charge in [-0.3, -0.25) is 0 Å². The van der Waals surface area contributed by atoms with E-state index in [2.05, 4.69) is 26.3 Å². The highest BCUT2D eigenvalue weighted by molar-refractivity contribution is 5.90. The zero-order valence-corrected chi connectivity index (χ0v) is 19.3. The van der Waals surface area contributed by atoms with Crippen LogP contribution in [0, 0.1) is 0 Å². The van der Waals surface area contributed by atoms with Crippen LogP contribution in [0.15, 0.2) is 93.1 Å². The molecule has 0 atom stereocenters. The van der Waals surface area contributed by atoms with E-state index >= 15 is 0 Å². The van der Waals surface area contributed by atoms with Crippen LogP contribution in [0.25, 0.3) is 6.08 Å². The largest absolute Gasteiger partial charge is 0.423 e. The summed E-state index contributed by atoms with van der Waals surface area (Å²) in [6.45, 7) is 13.2. The molecule has 37 heavy (non-hydrogen) atoms. The third-order valence-electron chi connectivity index (χ3n) is 4.02. The van der Waals surface area contributed by atoms with Crippen molar-refractivity contribution in [3.63, 3.8) is 0 Å². The van der Waals surface area contributed by atoms with Gasteiger partial charge < -0.3 is 23.7 Å². The van der Waals surface area contributed by atoms with Crippen LogP contribution in [-0.2, 0) is 24.0 Å². The van der Waals surface area contributed by atoms with E-state index in [1.54, 1.807) is 0 Å². The Hall–Kier alpha value is -5.51. The van der Waals surface area contributed by atoms with Gasteiger partial charge in [-0.2, -0.15) is 0 Å². The predicted molar refractivity (Wildman–Crippen MR) is 131 cm³/mol. The fourth-order valence-corrected chi connectivity index (χ4v) is 2.42. The van der Waals surface area contributed by atoms with Crippen molar-refractivity contribution in [2.75, 3.05) is 0 Å². The summed E-state index contributed by atoms with van der Waals surface area (Å²) < 4.78 is 25.3. The minimum atomic E-state index is -0.838. The van der Waals surface area contributed by atoms with E-state index in [1.165, 1.54) is 36.4 Å². The van der Waals surface area contributed by atoms with Crippen molar-refractivity contribution >= 4 is 35.9 Å². The van der Waals surface area contributed by atoms with Crippen LogP contribution in [0.2, 0.25) is 0 Å². The second-order valence-electron chi connectivity index (χ2n) is 6.57. The van der Waals surface area contributed by atoms with Crippen LogP contribution in [0.1, 0.15) is 5.56 Å². The SMILES string of the molecule is C=CC(=O)Oc1ccc(/C=C/C(=O)Oc2ccc(OC(=O)C=C)c(OC(=O)C=C)c2)cc1OC(=O)C=C. The second-order valence-corrected chi connectivity index (χ2v) is 6.57. The van der Waals surface area contributed by atoms with E-state index in [0.717, 1.165) is 36.4 Å². The maximum absolute atomic E-state index is 12.3. The molecule has 0 aromatic heterocycles. The Morgan fingerprint density at radius 3 is 1.43 bits per heavy atom. The molecule has 0 N–H and O–H groups in total. The second kappa shape index (κ2) is 13.4. The first-order chi connectivity index (χ1) is 17.7. The number of hydrogen-bond acceptors (Lipinski definition) is 10. The molecule has 10 heteroatoms. The van der Waals surface area contributed by atoms with Crippen LogP contribution >= 0.6 is 0 Å². The molecule has 0 amide bonds. The molecule has 10 nitrogen and oxygen atoms in total. The van der Waals surface area contributed by atoms with Crippen molar-refractivity contribution in [1.82, 2.24) is 0 Å². The highest BCUT2D eigenvalue weighted by atomic mass is 16.6. The lowest BCUT2D eigenvalue weighted by molar-refractivity contribution is -0.131. The highest BCUT2D eigenvalue weighted by Crippen LogP contribution is 2.33. The number of benzene rings is 2. The van der Waals surface area contributed by atoms with Gasteiger partial charge in [-0.15, -0.1) is 0 Å². The van der Waals surface area contributed by atoms with Gasteiger partial charge in [-0.1, -0.05) is 32.4 Å². The zero-order chi connectivity index (χ0) is 27.4. The first-order valence-electron chi connectivity index (χ1n) is 10.2. The van der Waals surface area contributed by atoms with Gasteiger partial charge in [-0.05, 0) is 35.9 Å². The Kier molecular flexibility index (Phi) is 10.0. The summed E-state index contributed by atoms with van der Waals surface area (Å²) in [7, 11) is 0. The molecule has 0 fully saturated rings. The van der Waals surface area contributed by atoms with Gasteiger partial charge in [0.2, 0.25) is 0 Å². The smallest absolute Gasteiger partial charge is 0.336 e. The molecule has 188 valence electrons. The van der Waals surface area contributed by atoms with Gasteiger partial charge in [0, 0.05) is 36.4 Å². The minimum absolute atomic E-state index is 0.0350. The van der Waals surface area contributed by atoms with Gasteiger partial charge in [0.05, 0.1) is 0 Å². The maximum Gasteiger partial charge on any atom is 0.336 e. The number of rotatable bonds is 11. The van der Waals surface area contributed by atoms with Crippen molar-refractivity contribution in [2.45, 2.75) is 0 Å². The normalized spacial score (nSPS) is 9.95. The summed E-state index contributed by atoms with van der Waals surface area (Å²) in [5.74, 6) is -4.55. The van der Waals surface area contributed by atoms with Crippen molar-refractivity contribution in [3.05, 3.63) is 98.7 Å². The average Bonchev–Trinajstić information content (AvgIpc) is 2.89. The van der Waals surface area contributed by atoms with Crippen molar-refractivity contribution in [2.24, 2.45) is 0 Å². The lowest BCUT2D eigenvalue weighted by Gasteiger charge is -2.10. The van der Waals surface area contributed by atoms with Crippen molar-refractivity contribution in [1.29, 1.82) is 0 Å². The highest BCUT2D eigenvalue weighted by Gasteiger charge is 2.15. The number of ether oxygens (including phenoxy) is 5. The van der Waals surface area contributed by atoms with Crippen LogP contribution in [0.3, 0.4) is 0 Å². The Labute approximate surface area is 211 Å². The topological polar surface area (TPSA) is 132 Å². The van der Waals surface area contributed by atoms with E-state index < -0.39 is 29.8 Å². The molecular weight excluding hydrogens is 484 g/mol. The van der Waals surface area contributed by atoms with Gasteiger partial charge >= 0.3 is 29.8 Å². The van der Waals surface area contributed by atoms with Gasteiger partial charge in [0.15, 0.2) is 23.0 Å². The monoisotopic (exact) mass is 504 g/mol. The first kappa shape index (κ1) is 27.7. The summed E-state index contributed by atoms with van der Waals surface area (Å²) in [6.07, 6.45) is 6.06. The summed E-state index contributed by atoms with van der Waals surface area (Å²) in [6, 6.07) is 7.89. The van der Waals surface area contributed by atoms with Crippen molar-refractivity contribution < 1.29 is 47.7 Å². The molecule has 0 aliphatic rings. The third kappa shape index (κ3) is 8.65. The first-order valence-corrected chi connectivity index (χ1v) is 10.2. The minimum Gasteiger partial charge on any atom is -0.423 e. The van der Waals surface area contributed by atoms with E-state index in [9.17, 15) is 24.0 Å². The Bertz CT molecular complexity index is 1320. The van der Waals surface area contributed by atoms with E-state index in [1.807, 2.05) is 0 Å². The zero-order valence-electron chi connectivity index (χ0n) is 19.3. The fraction of sp³-hybridized carbons (Fsp3) is 0. The number of hydrogen-bond donors (Lipinski definition) is 0. The molecule has 0 saturated carbocycles. The molecule has 0 saturated heterocycles. The molecule has 2 aromatic carbocycles. The third-order valence-corrected chi connectivity index (χ3v) is 4.02. The van der Waals surface area contributed by atoms with E-state index in [-0.39, 0.29) is 28.7 Å². The van der Waals surface area contributed by atoms with Crippen LogP contribution in [0.4, 0.5) is 0 Å². The summed E-state index contributed by atoms with van der Waals surface area (Å²) in [5.41, 5.74) is 0.384. The van der Waals surface area contributed by atoms with Crippen LogP contribution in [-0.4, -0.2) is 29.8 Å².